The predicted octanol–water partition coefficient (Wildman–Crippen LogP) is 2.53. The summed E-state index contributed by atoms with van der Waals surface area (Å²) in [4.78, 5) is 12.8. The van der Waals surface area contributed by atoms with Crippen LogP contribution in [0, 0.1) is 0 Å². The second-order valence-electron chi connectivity index (χ2n) is 4.95. The number of carboxylic acids is 1. The average molecular weight is 356 g/mol. The molecule has 0 amide bonds. The number of aromatic nitrogens is 2. The Hall–Kier alpha value is -1.67. The highest BCUT2D eigenvalue weighted by Gasteiger charge is 2.30. The lowest BCUT2D eigenvalue weighted by molar-refractivity contribution is -0.137. The van der Waals surface area contributed by atoms with Crippen LogP contribution >= 0.6 is 15.9 Å². The molecule has 0 aliphatic heterocycles. The molecule has 2 aromatic heterocycles. The quantitative estimate of drug-likeness (QED) is 0.815. The molecule has 1 aliphatic carbocycles. The van der Waals surface area contributed by atoms with Crippen molar-refractivity contribution in [2.24, 2.45) is 0 Å². The van der Waals surface area contributed by atoms with E-state index >= 15 is 0 Å². The summed E-state index contributed by atoms with van der Waals surface area (Å²) >= 11 is 3.22. The van der Waals surface area contributed by atoms with Gasteiger partial charge in [0.05, 0.1) is 13.0 Å². The van der Waals surface area contributed by atoms with E-state index in [2.05, 4.69) is 31.0 Å². The van der Waals surface area contributed by atoms with E-state index in [1.54, 1.807) is 12.1 Å². The number of halogens is 1. The molecule has 1 fully saturated rings. The lowest BCUT2D eigenvalue weighted by Crippen LogP contribution is -2.28. The van der Waals surface area contributed by atoms with Crippen molar-refractivity contribution in [2.75, 3.05) is 6.54 Å². The Morgan fingerprint density at radius 1 is 1.38 bits per heavy atom. The van der Waals surface area contributed by atoms with E-state index in [1.807, 2.05) is 0 Å². The summed E-state index contributed by atoms with van der Waals surface area (Å²) in [5, 5.41) is 16.7. The molecule has 0 unspecified atom stereocenters. The fourth-order valence-electron chi connectivity index (χ4n) is 2.09. The molecule has 0 atom stereocenters. The van der Waals surface area contributed by atoms with Gasteiger partial charge in [0.2, 0.25) is 5.89 Å². The van der Waals surface area contributed by atoms with Gasteiger partial charge in [-0.3, -0.25) is 9.69 Å². The number of carboxylic acid groups (broad SMARTS) is 1. The summed E-state index contributed by atoms with van der Waals surface area (Å²) < 4.78 is 11.5. The third kappa shape index (κ3) is 3.70. The Bertz CT molecular complexity index is 635. The molecule has 7 nitrogen and oxygen atoms in total. The van der Waals surface area contributed by atoms with Crippen LogP contribution in [0.2, 0.25) is 0 Å². The summed E-state index contributed by atoms with van der Waals surface area (Å²) in [6, 6.07) is 3.92. The van der Waals surface area contributed by atoms with Crippen molar-refractivity contribution >= 4 is 21.9 Å². The van der Waals surface area contributed by atoms with Gasteiger partial charge in [-0.1, -0.05) is 0 Å². The fraction of sp³-hybridized carbons (Fsp3) is 0.462. The van der Waals surface area contributed by atoms with Crippen LogP contribution in [0.1, 0.15) is 25.2 Å². The van der Waals surface area contributed by atoms with Crippen molar-refractivity contribution in [3.8, 4) is 11.7 Å². The Kier molecular flexibility index (Phi) is 4.07. The van der Waals surface area contributed by atoms with E-state index in [4.69, 9.17) is 13.9 Å². The number of hydrogen-bond donors (Lipinski definition) is 1. The van der Waals surface area contributed by atoms with E-state index < -0.39 is 5.97 Å². The molecule has 0 spiro atoms. The minimum atomic E-state index is -0.799. The Balaban J connectivity index is 1.66. The SMILES string of the molecule is O=C(O)CCN(Cc1nnc(-c2ccc(Br)o2)o1)C1CC1. The normalized spacial score (nSPS) is 14.8. The summed E-state index contributed by atoms with van der Waals surface area (Å²) in [6.45, 7) is 0.955. The molecule has 0 aromatic carbocycles. The van der Waals surface area contributed by atoms with Crippen molar-refractivity contribution < 1.29 is 18.7 Å². The van der Waals surface area contributed by atoms with E-state index in [1.165, 1.54) is 0 Å². The number of aliphatic carboxylic acids is 1. The largest absolute Gasteiger partial charge is 0.481 e. The molecular weight excluding hydrogens is 342 g/mol. The van der Waals surface area contributed by atoms with Crippen LogP contribution in [0.4, 0.5) is 0 Å². The molecule has 0 bridgehead atoms. The van der Waals surface area contributed by atoms with Crippen LogP contribution < -0.4 is 0 Å². The van der Waals surface area contributed by atoms with Gasteiger partial charge in [-0.2, -0.15) is 0 Å². The minimum absolute atomic E-state index is 0.114. The van der Waals surface area contributed by atoms with E-state index in [0.717, 1.165) is 12.8 Å². The van der Waals surface area contributed by atoms with Crippen LogP contribution in [0.25, 0.3) is 11.7 Å². The minimum Gasteiger partial charge on any atom is -0.481 e. The molecule has 2 heterocycles. The van der Waals surface area contributed by atoms with Crippen molar-refractivity contribution in [1.82, 2.24) is 15.1 Å². The maximum atomic E-state index is 10.7. The molecular formula is C13H14BrN3O4. The van der Waals surface area contributed by atoms with Gasteiger partial charge in [0.25, 0.3) is 5.89 Å². The second kappa shape index (κ2) is 5.98. The van der Waals surface area contributed by atoms with Gasteiger partial charge >= 0.3 is 5.97 Å². The molecule has 1 saturated carbocycles. The highest BCUT2D eigenvalue weighted by atomic mass is 79.9. The van der Waals surface area contributed by atoms with Crippen LogP contribution in [0.3, 0.4) is 0 Å². The average Bonchev–Trinajstić information content (AvgIpc) is 3.02. The smallest absolute Gasteiger partial charge is 0.304 e. The molecule has 0 radical (unpaired) electrons. The summed E-state index contributed by atoms with van der Waals surface area (Å²) in [5.41, 5.74) is 0. The second-order valence-corrected chi connectivity index (χ2v) is 5.73. The number of nitrogens with zero attached hydrogens (tertiary/aromatic N) is 3. The number of furan rings is 1. The summed E-state index contributed by atoms with van der Waals surface area (Å²) in [7, 11) is 0. The zero-order valence-electron chi connectivity index (χ0n) is 11.2. The first-order chi connectivity index (χ1) is 10.1. The molecule has 2 aromatic rings. The van der Waals surface area contributed by atoms with Crippen molar-refractivity contribution in [1.29, 1.82) is 0 Å². The molecule has 8 heteroatoms. The van der Waals surface area contributed by atoms with Gasteiger partial charge in [-0.15, -0.1) is 10.2 Å². The lowest BCUT2D eigenvalue weighted by atomic mass is 10.3. The lowest BCUT2D eigenvalue weighted by Gasteiger charge is -2.18. The van der Waals surface area contributed by atoms with Crippen LogP contribution in [0.5, 0.6) is 0 Å². The number of rotatable bonds is 7. The van der Waals surface area contributed by atoms with E-state index in [0.29, 0.717) is 41.3 Å². The molecule has 1 N–H and O–H groups in total. The van der Waals surface area contributed by atoms with Gasteiger partial charge in [-0.25, -0.2) is 0 Å². The highest BCUT2D eigenvalue weighted by molar-refractivity contribution is 9.10. The van der Waals surface area contributed by atoms with Gasteiger partial charge in [0.15, 0.2) is 10.4 Å². The van der Waals surface area contributed by atoms with Gasteiger partial charge in [-0.05, 0) is 40.9 Å². The van der Waals surface area contributed by atoms with Crippen LogP contribution in [0.15, 0.2) is 25.6 Å². The third-order valence-corrected chi connectivity index (χ3v) is 3.69. The van der Waals surface area contributed by atoms with Gasteiger partial charge < -0.3 is 13.9 Å². The highest BCUT2D eigenvalue weighted by Crippen LogP contribution is 2.29. The standard InChI is InChI=1S/C13H14BrN3O4/c14-10-4-3-9(20-10)13-16-15-11(21-13)7-17(8-1-2-8)6-5-12(18)19/h3-4,8H,1-2,5-7H2,(H,18,19). The predicted molar refractivity (Wildman–Crippen MR) is 75.4 cm³/mol. The number of carbonyl (C=O) groups is 1. The first-order valence-corrected chi connectivity index (χ1v) is 7.45. The monoisotopic (exact) mass is 355 g/mol. The third-order valence-electron chi connectivity index (χ3n) is 3.27. The van der Waals surface area contributed by atoms with E-state index in [9.17, 15) is 4.79 Å². The molecule has 3 rings (SSSR count). The number of hydrogen-bond acceptors (Lipinski definition) is 6. The molecule has 112 valence electrons. The molecule has 1 aliphatic rings. The Labute approximate surface area is 129 Å². The van der Waals surface area contributed by atoms with Crippen molar-refractivity contribution in [2.45, 2.75) is 31.8 Å². The first-order valence-electron chi connectivity index (χ1n) is 6.66. The maximum Gasteiger partial charge on any atom is 0.304 e. The molecule has 21 heavy (non-hydrogen) atoms. The van der Waals surface area contributed by atoms with Gasteiger partial charge in [0.1, 0.15) is 0 Å². The van der Waals surface area contributed by atoms with Crippen LogP contribution in [-0.2, 0) is 11.3 Å². The first kappa shape index (κ1) is 14.3. The van der Waals surface area contributed by atoms with Gasteiger partial charge in [0, 0.05) is 12.6 Å². The van der Waals surface area contributed by atoms with Crippen molar-refractivity contribution in [3.05, 3.63) is 22.7 Å². The zero-order chi connectivity index (χ0) is 14.8. The maximum absolute atomic E-state index is 10.7. The summed E-state index contributed by atoms with van der Waals surface area (Å²) in [5.74, 6) is 0.496. The van der Waals surface area contributed by atoms with Crippen LogP contribution in [-0.4, -0.2) is 38.8 Å². The zero-order valence-corrected chi connectivity index (χ0v) is 12.7. The Morgan fingerprint density at radius 3 is 2.81 bits per heavy atom. The fourth-order valence-corrected chi connectivity index (χ4v) is 2.40. The molecule has 0 saturated heterocycles. The summed E-state index contributed by atoms with van der Waals surface area (Å²) in [6.07, 6.45) is 2.29. The Morgan fingerprint density at radius 2 is 2.19 bits per heavy atom. The van der Waals surface area contributed by atoms with Crippen molar-refractivity contribution in [3.63, 3.8) is 0 Å². The topological polar surface area (TPSA) is 92.6 Å². The van der Waals surface area contributed by atoms with E-state index in [-0.39, 0.29) is 6.42 Å².